The summed E-state index contributed by atoms with van der Waals surface area (Å²) in [6, 6.07) is 13.6. The summed E-state index contributed by atoms with van der Waals surface area (Å²) in [5.74, 6) is 2.18. The zero-order valence-electron chi connectivity index (χ0n) is 18.5. The molecule has 1 fully saturated rings. The maximum Gasteiger partial charge on any atom is 0.234 e. The van der Waals surface area contributed by atoms with Gasteiger partial charge in [-0.15, -0.1) is 0 Å². The Kier molecular flexibility index (Phi) is 8.14. The third kappa shape index (κ3) is 6.12. The van der Waals surface area contributed by atoms with Crippen molar-refractivity contribution < 1.29 is 24.1 Å². The Hall–Kier alpha value is -2.77. The Labute approximate surface area is 183 Å². The fourth-order valence-electron chi connectivity index (χ4n) is 4.04. The van der Waals surface area contributed by atoms with Crippen LogP contribution >= 0.6 is 0 Å². The zero-order valence-corrected chi connectivity index (χ0v) is 18.5. The van der Waals surface area contributed by atoms with Gasteiger partial charge in [0, 0.05) is 19.0 Å². The quantitative estimate of drug-likeness (QED) is 0.638. The van der Waals surface area contributed by atoms with Gasteiger partial charge in [0.05, 0.1) is 34.0 Å². The fourth-order valence-corrected chi connectivity index (χ4v) is 4.04. The topological polar surface area (TPSA) is 80.3 Å². The molecule has 1 heterocycles. The van der Waals surface area contributed by atoms with Crippen LogP contribution in [0, 0.1) is 0 Å². The van der Waals surface area contributed by atoms with Crippen LogP contribution in [0.2, 0.25) is 0 Å². The lowest BCUT2D eigenvalue weighted by molar-refractivity contribution is -0.123. The minimum absolute atomic E-state index is 0.0347. The first-order valence-corrected chi connectivity index (χ1v) is 10.6. The number of piperidine rings is 1. The number of nitrogens with one attached hydrogen (secondary N) is 1. The number of hydrogen-bond acceptors (Lipinski definition) is 6. The lowest BCUT2D eigenvalue weighted by atomic mass is 9.87. The molecule has 1 saturated heterocycles. The second-order valence-electron chi connectivity index (χ2n) is 7.76. The van der Waals surface area contributed by atoms with Crippen LogP contribution in [0.25, 0.3) is 0 Å². The molecule has 168 valence electrons. The summed E-state index contributed by atoms with van der Waals surface area (Å²) in [4.78, 5) is 14.4. The van der Waals surface area contributed by atoms with Crippen LogP contribution in [0.5, 0.6) is 17.2 Å². The van der Waals surface area contributed by atoms with Crippen LogP contribution in [0.1, 0.15) is 23.5 Å². The van der Waals surface area contributed by atoms with Crippen molar-refractivity contribution >= 4 is 5.91 Å². The summed E-state index contributed by atoms with van der Waals surface area (Å²) in [7, 11) is 4.85. The van der Waals surface area contributed by atoms with Gasteiger partial charge in [-0.25, -0.2) is 0 Å². The van der Waals surface area contributed by atoms with Gasteiger partial charge in [-0.05, 0) is 54.8 Å². The highest BCUT2D eigenvalue weighted by Gasteiger charge is 2.29. The minimum Gasteiger partial charge on any atom is -0.497 e. The van der Waals surface area contributed by atoms with Crippen LogP contribution in [0.15, 0.2) is 42.5 Å². The van der Waals surface area contributed by atoms with Gasteiger partial charge in [0.15, 0.2) is 11.5 Å². The first kappa shape index (κ1) is 22.9. The lowest BCUT2D eigenvalue weighted by Crippen LogP contribution is -2.47. The van der Waals surface area contributed by atoms with E-state index in [1.807, 2.05) is 47.4 Å². The Morgan fingerprint density at radius 3 is 2.61 bits per heavy atom. The van der Waals surface area contributed by atoms with E-state index in [9.17, 15) is 9.90 Å². The SMILES string of the molecule is COc1cccc([C@@H]2CCN(CC(=O)NCCc3ccc(OC)c(OC)c3)C[C@H]2O)c1. The number of carbonyl (C=O) groups excluding carboxylic acids is 1. The monoisotopic (exact) mass is 428 g/mol. The molecular weight excluding hydrogens is 396 g/mol. The van der Waals surface area contributed by atoms with Gasteiger partial charge in [-0.2, -0.15) is 0 Å². The lowest BCUT2D eigenvalue weighted by Gasteiger charge is -2.35. The smallest absolute Gasteiger partial charge is 0.234 e. The standard InChI is InChI=1S/C24H32N2O5/c1-29-19-6-4-5-18(14-19)20-10-12-26(15-21(20)27)16-24(28)25-11-9-17-7-8-22(30-2)23(13-17)31-3/h4-8,13-14,20-21,27H,9-12,15-16H2,1-3H3,(H,25,28)/t20-,21+/m0/s1. The first-order valence-electron chi connectivity index (χ1n) is 10.6. The van der Waals surface area contributed by atoms with Gasteiger partial charge in [0.1, 0.15) is 5.75 Å². The maximum absolute atomic E-state index is 12.4. The van der Waals surface area contributed by atoms with Crippen molar-refractivity contribution in [2.45, 2.75) is 24.9 Å². The number of rotatable bonds is 9. The van der Waals surface area contributed by atoms with Crippen molar-refractivity contribution in [2.75, 3.05) is 47.5 Å². The molecule has 0 unspecified atom stereocenters. The Morgan fingerprint density at radius 1 is 1.10 bits per heavy atom. The van der Waals surface area contributed by atoms with Gasteiger partial charge in [0.25, 0.3) is 0 Å². The molecule has 2 N–H and O–H groups in total. The minimum atomic E-state index is -0.513. The summed E-state index contributed by atoms with van der Waals surface area (Å²) in [5.41, 5.74) is 2.14. The molecule has 0 saturated carbocycles. The van der Waals surface area contributed by atoms with E-state index in [4.69, 9.17) is 14.2 Å². The highest BCUT2D eigenvalue weighted by atomic mass is 16.5. The van der Waals surface area contributed by atoms with E-state index in [0.717, 1.165) is 29.8 Å². The average Bonchev–Trinajstić information content (AvgIpc) is 2.79. The number of aliphatic hydroxyl groups is 1. The number of hydrogen-bond donors (Lipinski definition) is 2. The molecule has 0 spiro atoms. The number of likely N-dealkylation sites (tertiary alicyclic amines) is 1. The summed E-state index contributed by atoms with van der Waals surface area (Å²) in [6.07, 6.45) is 0.986. The Balaban J connectivity index is 1.44. The molecule has 2 aromatic rings. The van der Waals surface area contributed by atoms with Crippen molar-refractivity contribution in [3.05, 3.63) is 53.6 Å². The Bertz CT molecular complexity index is 873. The predicted molar refractivity (Wildman–Crippen MR) is 119 cm³/mol. The Morgan fingerprint density at radius 2 is 1.90 bits per heavy atom. The molecule has 7 nitrogen and oxygen atoms in total. The van der Waals surface area contributed by atoms with E-state index < -0.39 is 6.10 Å². The van der Waals surface area contributed by atoms with Crippen LogP contribution in [0.3, 0.4) is 0 Å². The van der Waals surface area contributed by atoms with Crippen LogP contribution in [-0.4, -0.2) is 69.5 Å². The van der Waals surface area contributed by atoms with Gasteiger partial charge < -0.3 is 24.6 Å². The molecule has 2 atom stereocenters. The third-order valence-electron chi connectivity index (χ3n) is 5.74. The van der Waals surface area contributed by atoms with Crippen LogP contribution in [0.4, 0.5) is 0 Å². The highest BCUT2D eigenvalue weighted by molar-refractivity contribution is 5.78. The van der Waals surface area contributed by atoms with E-state index in [1.165, 1.54) is 0 Å². The number of ether oxygens (including phenoxy) is 3. The summed E-state index contributed by atoms with van der Waals surface area (Å²) >= 11 is 0. The van der Waals surface area contributed by atoms with E-state index in [-0.39, 0.29) is 18.4 Å². The van der Waals surface area contributed by atoms with Crippen molar-refractivity contribution in [3.63, 3.8) is 0 Å². The normalized spacial score (nSPS) is 19.0. The molecule has 0 radical (unpaired) electrons. The fraction of sp³-hybridized carbons (Fsp3) is 0.458. The number of nitrogens with zero attached hydrogens (tertiary/aromatic N) is 1. The highest BCUT2D eigenvalue weighted by Crippen LogP contribution is 2.30. The molecule has 31 heavy (non-hydrogen) atoms. The third-order valence-corrected chi connectivity index (χ3v) is 5.74. The molecule has 1 aliphatic heterocycles. The van der Waals surface area contributed by atoms with Gasteiger partial charge in [-0.1, -0.05) is 18.2 Å². The summed E-state index contributed by atoms with van der Waals surface area (Å²) < 4.78 is 15.9. The van der Waals surface area contributed by atoms with E-state index >= 15 is 0 Å². The number of amides is 1. The summed E-state index contributed by atoms with van der Waals surface area (Å²) in [5, 5.41) is 13.6. The van der Waals surface area contributed by atoms with E-state index in [0.29, 0.717) is 31.0 Å². The molecule has 3 rings (SSSR count). The second kappa shape index (κ2) is 11.0. The molecule has 7 heteroatoms. The van der Waals surface area contributed by atoms with Crippen molar-refractivity contribution in [2.24, 2.45) is 0 Å². The molecule has 0 aliphatic carbocycles. The van der Waals surface area contributed by atoms with Crippen molar-refractivity contribution in [1.29, 1.82) is 0 Å². The summed E-state index contributed by atoms with van der Waals surface area (Å²) in [6.45, 7) is 2.07. The van der Waals surface area contributed by atoms with Gasteiger partial charge >= 0.3 is 0 Å². The average molecular weight is 429 g/mol. The predicted octanol–water partition coefficient (Wildman–Crippen LogP) is 2.22. The maximum atomic E-state index is 12.4. The van der Waals surface area contributed by atoms with Crippen LogP contribution in [-0.2, 0) is 11.2 Å². The molecular formula is C24H32N2O5. The molecule has 1 amide bonds. The number of carbonyl (C=O) groups is 1. The molecule has 0 aromatic heterocycles. The van der Waals surface area contributed by atoms with Crippen molar-refractivity contribution in [3.8, 4) is 17.2 Å². The number of β-amino-alcohol motifs (C(OH)–C–C–N with tert-alkyl or cyclic N) is 1. The largest absolute Gasteiger partial charge is 0.497 e. The van der Waals surface area contributed by atoms with E-state index in [2.05, 4.69) is 5.32 Å². The number of methoxy groups -OCH3 is 3. The number of aliphatic hydroxyl groups excluding tert-OH is 1. The molecule has 0 bridgehead atoms. The van der Waals surface area contributed by atoms with Gasteiger partial charge in [-0.3, -0.25) is 9.69 Å². The molecule has 1 aliphatic rings. The second-order valence-corrected chi connectivity index (χ2v) is 7.76. The zero-order chi connectivity index (χ0) is 22.2. The molecule has 2 aromatic carbocycles. The van der Waals surface area contributed by atoms with E-state index in [1.54, 1.807) is 21.3 Å². The number of benzene rings is 2. The van der Waals surface area contributed by atoms with Gasteiger partial charge in [0.2, 0.25) is 5.91 Å². The van der Waals surface area contributed by atoms with Crippen molar-refractivity contribution in [1.82, 2.24) is 10.2 Å². The van der Waals surface area contributed by atoms with Crippen LogP contribution < -0.4 is 19.5 Å². The first-order chi connectivity index (χ1) is 15.0.